The Morgan fingerprint density at radius 3 is 2.62 bits per heavy atom. The van der Waals surface area contributed by atoms with Crippen molar-refractivity contribution in [1.82, 2.24) is 14.9 Å². The fourth-order valence-corrected chi connectivity index (χ4v) is 7.22. The molecule has 3 unspecified atom stereocenters. The van der Waals surface area contributed by atoms with Crippen LogP contribution in [0.5, 0.6) is 6.01 Å². The van der Waals surface area contributed by atoms with Gasteiger partial charge in [0.25, 0.3) is 0 Å². The smallest absolute Gasteiger partial charge is 0.319 e. The van der Waals surface area contributed by atoms with Crippen LogP contribution in [0.2, 0.25) is 0 Å². The zero-order valence-electron chi connectivity index (χ0n) is 32.3. The Bertz CT molecular complexity index is 1690. The van der Waals surface area contributed by atoms with Crippen LogP contribution < -0.4 is 15.4 Å². The molecule has 0 amide bonds. The van der Waals surface area contributed by atoms with Crippen molar-refractivity contribution in [2.45, 2.75) is 117 Å². The van der Waals surface area contributed by atoms with Gasteiger partial charge in [0.1, 0.15) is 24.4 Å². The Labute approximate surface area is 309 Å². The van der Waals surface area contributed by atoms with Gasteiger partial charge < -0.3 is 25.5 Å². The summed E-state index contributed by atoms with van der Waals surface area (Å²) in [5.41, 5.74) is 10.7. The highest BCUT2D eigenvalue weighted by Crippen LogP contribution is 2.48. The van der Waals surface area contributed by atoms with E-state index in [-0.39, 0.29) is 29.9 Å². The molecule has 11 heteroatoms. The largest absolute Gasteiger partial charge is 0.463 e. The number of benzene rings is 1. The van der Waals surface area contributed by atoms with Crippen LogP contribution in [-0.2, 0) is 4.74 Å². The molecule has 1 aromatic heterocycles. The predicted octanol–water partition coefficient (Wildman–Crippen LogP) is 9.22. The van der Waals surface area contributed by atoms with E-state index in [2.05, 4.69) is 25.7 Å². The zero-order valence-corrected chi connectivity index (χ0v) is 32.3. The number of nitrogen functional groups attached to an aromatic ring is 1. The molecule has 2 aliphatic carbocycles. The average molecular weight is 720 g/mol. The van der Waals surface area contributed by atoms with E-state index in [1.165, 1.54) is 6.21 Å². The van der Waals surface area contributed by atoms with Crippen molar-refractivity contribution in [3.8, 4) is 6.01 Å². The summed E-state index contributed by atoms with van der Waals surface area (Å²) >= 11 is 0. The Morgan fingerprint density at radius 1 is 1.19 bits per heavy atom. The molecule has 2 fully saturated rings. The molecule has 3 N–H and O–H groups in total. The van der Waals surface area contributed by atoms with Gasteiger partial charge in [-0.2, -0.15) is 9.97 Å². The van der Waals surface area contributed by atoms with E-state index in [4.69, 9.17) is 35.6 Å². The number of unbranched alkanes of at least 4 members (excludes halogenated alkanes) is 2. The van der Waals surface area contributed by atoms with Crippen molar-refractivity contribution in [2.24, 2.45) is 10.4 Å². The van der Waals surface area contributed by atoms with Crippen molar-refractivity contribution in [1.29, 1.82) is 5.41 Å². The van der Waals surface area contributed by atoms with E-state index in [1.807, 2.05) is 50.9 Å². The van der Waals surface area contributed by atoms with Crippen molar-refractivity contribution >= 4 is 40.4 Å². The first-order valence-corrected chi connectivity index (χ1v) is 19.3. The summed E-state index contributed by atoms with van der Waals surface area (Å²) in [5.74, 6) is 0.321. The minimum atomic E-state index is -0.951. The molecule has 2 heterocycles. The maximum Gasteiger partial charge on any atom is 0.319 e. The molecule has 3 atom stereocenters. The number of aliphatic imine (C=N–C) groups is 1. The third-order valence-corrected chi connectivity index (χ3v) is 10.6. The maximum atomic E-state index is 17.8. The fraction of sp³-hybridized carbons (Fsp3) is 0.610. The van der Waals surface area contributed by atoms with E-state index in [1.54, 1.807) is 0 Å². The van der Waals surface area contributed by atoms with Crippen LogP contribution in [0.1, 0.15) is 133 Å². The van der Waals surface area contributed by atoms with Gasteiger partial charge in [0, 0.05) is 46.6 Å². The normalized spacial score (nSPS) is 20.8. The standard InChI is InChI=1S/C41H59F2N7O2/c1-8-12-13-16-41(6,21-29(42)10-3)23-52-40-47-38-35(39(48-40)50-17-18-51-25-49(7)24-50)30(11-4)37(46-26(5)9-2)34(36(38)43)31-19-28(27-14-15-27)20-33(45)32(31)22-44/h11,19-20,22,26-27,29,44H,8-10,12-18,21,23-25,45H2,1-7H3/b30-11-,44-22?,46-37?. The van der Waals surface area contributed by atoms with Gasteiger partial charge in [-0.3, -0.25) is 9.89 Å². The van der Waals surface area contributed by atoms with Crippen LogP contribution in [0.15, 0.2) is 23.2 Å². The lowest BCUT2D eigenvalue weighted by atomic mass is 9.80. The van der Waals surface area contributed by atoms with Gasteiger partial charge in [0.15, 0.2) is 5.83 Å². The Hall–Kier alpha value is -3.70. The second-order valence-corrected chi connectivity index (χ2v) is 15.2. The monoisotopic (exact) mass is 719 g/mol. The number of nitrogens with one attached hydrogen (secondary N) is 1. The van der Waals surface area contributed by atoms with E-state index in [0.717, 1.165) is 50.5 Å². The third-order valence-electron chi connectivity index (χ3n) is 10.6. The van der Waals surface area contributed by atoms with Crippen LogP contribution in [-0.4, -0.2) is 79.2 Å². The second-order valence-electron chi connectivity index (χ2n) is 15.2. The predicted molar refractivity (Wildman–Crippen MR) is 210 cm³/mol. The molecule has 52 heavy (non-hydrogen) atoms. The molecule has 2 aromatic rings. The molecular weight excluding hydrogens is 660 g/mol. The number of rotatable bonds is 16. The number of nitrogens with two attached hydrogens (primary N) is 1. The van der Waals surface area contributed by atoms with Gasteiger partial charge >= 0.3 is 6.01 Å². The molecule has 3 aliphatic rings. The molecule has 0 bridgehead atoms. The molecule has 0 spiro atoms. The van der Waals surface area contributed by atoms with Gasteiger partial charge in [-0.25, -0.2) is 8.78 Å². The summed E-state index contributed by atoms with van der Waals surface area (Å²) in [6.07, 6.45) is 9.73. The van der Waals surface area contributed by atoms with Crippen LogP contribution in [0.4, 0.5) is 20.3 Å². The molecule has 0 radical (unpaired) electrons. The van der Waals surface area contributed by atoms with Gasteiger partial charge in [-0.1, -0.05) is 53.0 Å². The first-order chi connectivity index (χ1) is 25.0. The molecule has 5 rings (SSSR count). The highest BCUT2D eigenvalue weighted by atomic mass is 19.1. The fourth-order valence-electron chi connectivity index (χ4n) is 7.22. The number of hydrogen-bond acceptors (Lipinski definition) is 9. The minimum Gasteiger partial charge on any atom is -0.463 e. The van der Waals surface area contributed by atoms with Gasteiger partial charge in [0.05, 0.1) is 31.2 Å². The lowest BCUT2D eigenvalue weighted by Crippen LogP contribution is -2.36. The quantitative estimate of drug-likeness (QED) is 0.101. The van der Waals surface area contributed by atoms with Crippen LogP contribution >= 0.6 is 0 Å². The topological polar surface area (TPSA) is 113 Å². The number of allylic oxidation sites excluding steroid dienone is 3. The number of aromatic nitrogens is 2. The van der Waals surface area contributed by atoms with Gasteiger partial charge in [-0.05, 0) is 88.6 Å². The number of nitrogens with zero attached hydrogens (tertiary/aromatic N) is 5. The summed E-state index contributed by atoms with van der Waals surface area (Å²) in [6, 6.07) is 3.83. The highest BCUT2D eigenvalue weighted by Gasteiger charge is 2.38. The number of halogens is 2. The van der Waals surface area contributed by atoms with E-state index >= 15 is 4.39 Å². The number of alkyl halides is 1. The van der Waals surface area contributed by atoms with E-state index in [0.29, 0.717) is 84.8 Å². The molecule has 1 aliphatic heterocycles. The van der Waals surface area contributed by atoms with E-state index in [9.17, 15) is 4.39 Å². The lowest BCUT2D eigenvalue weighted by molar-refractivity contribution is 0.0678. The van der Waals surface area contributed by atoms with Crippen molar-refractivity contribution in [3.05, 3.63) is 46.2 Å². The average Bonchev–Trinajstić information content (AvgIpc) is 3.99. The molecule has 1 saturated heterocycles. The first-order valence-electron chi connectivity index (χ1n) is 19.3. The Morgan fingerprint density at radius 2 is 1.96 bits per heavy atom. The molecule has 1 saturated carbocycles. The lowest BCUT2D eigenvalue weighted by Gasteiger charge is -2.33. The number of fused-ring (bicyclic) bond motifs is 1. The number of hydrogen-bond donors (Lipinski definition) is 2. The van der Waals surface area contributed by atoms with Crippen molar-refractivity contribution in [2.75, 3.05) is 50.8 Å². The number of ether oxygens (including phenoxy) is 2. The van der Waals surface area contributed by atoms with Gasteiger partial charge in [-0.15, -0.1) is 0 Å². The minimum absolute atomic E-state index is 0.0426. The summed E-state index contributed by atoms with van der Waals surface area (Å²) in [7, 11) is 1.97. The maximum absolute atomic E-state index is 17.8. The molecule has 9 nitrogen and oxygen atoms in total. The molecule has 284 valence electrons. The second kappa shape index (κ2) is 17.4. The zero-order chi connectivity index (χ0) is 37.6. The third kappa shape index (κ3) is 8.90. The van der Waals surface area contributed by atoms with E-state index < -0.39 is 17.4 Å². The summed E-state index contributed by atoms with van der Waals surface area (Å²) < 4.78 is 45.0. The summed E-state index contributed by atoms with van der Waals surface area (Å²) in [6.45, 7) is 14.2. The van der Waals surface area contributed by atoms with Crippen LogP contribution in [0.25, 0.3) is 17.0 Å². The Balaban J connectivity index is 1.75. The summed E-state index contributed by atoms with van der Waals surface area (Å²) in [5, 5.41) is 8.36. The highest BCUT2D eigenvalue weighted by molar-refractivity contribution is 6.51. The Kier molecular flexibility index (Phi) is 13.2. The SMILES string of the molecule is C/C=C1\C(=NC(C)CC)C(c2cc(C3CC3)cc(N)c2C=N)=C(F)c2nc(OCC(C)(CCCCC)CC(F)CC)nc(N3CCOCN(C)C3)c21. The van der Waals surface area contributed by atoms with Crippen molar-refractivity contribution in [3.63, 3.8) is 0 Å². The summed E-state index contributed by atoms with van der Waals surface area (Å²) in [4.78, 5) is 19.1. The van der Waals surface area contributed by atoms with Crippen LogP contribution in [0.3, 0.4) is 0 Å². The van der Waals surface area contributed by atoms with Gasteiger partial charge in [0.2, 0.25) is 0 Å². The van der Waals surface area contributed by atoms with Crippen LogP contribution in [0, 0.1) is 10.8 Å². The van der Waals surface area contributed by atoms with Crippen molar-refractivity contribution < 1.29 is 18.3 Å². The first kappa shape index (κ1) is 39.5. The molecule has 1 aromatic carbocycles. The number of anilines is 2. The molecular formula is C41H59F2N7O2.